The predicted octanol–water partition coefficient (Wildman–Crippen LogP) is 16.1. The maximum atomic E-state index is 12.8. The number of carbonyl (C=O) groups is 1. The number of amides is 1. The summed E-state index contributed by atoms with van der Waals surface area (Å²) in [6, 6.07) is -0.874. The maximum absolute atomic E-state index is 12.8. The van der Waals surface area contributed by atoms with Crippen molar-refractivity contribution in [3.8, 4) is 0 Å². The van der Waals surface area contributed by atoms with Gasteiger partial charge in [-0.2, -0.15) is 0 Å². The molecule has 3 unspecified atom stereocenters. The van der Waals surface area contributed by atoms with Crippen LogP contribution in [0.1, 0.15) is 277 Å². The fourth-order valence-electron chi connectivity index (χ4n) is 8.21. The Kier molecular flexibility index (Phi) is 48.6. The zero-order chi connectivity index (χ0) is 45.3. The first-order valence-electron chi connectivity index (χ1n) is 27.0. The zero-order valence-electron chi connectivity index (χ0n) is 41.1. The van der Waals surface area contributed by atoms with Crippen molar-refractivity contribution in [3.05, 3.63) is 24.3 Å². The number of hydrogen-bond donors (Lipinski definition) is 4. The topological polar surface area (TPSA) is 131 Å². The zero-order valence-corrected chi connectivity index (χ0v) is 42.0. The first kappa shape index (κ1) is 61.0. The summed E-state index contributed by atoms with van der Waals surface area (Å²) in [6.45, 7) is 4.16. The molecule has 0 aliphatic heterocycles. The lowest BCUT2D eigenvalue weighted by atomic mass is 10.0. The molecule has 62 heavy (non-hydrogen) atoms. The molecule has 8 nitrogen and oxygen atoms in total. The standard InChI is InChI=1S/C53H105N2O6P/c1-3-5-7-9-11-13-15-17-19-21-23-25-27-29-31-33-35-37-39-41-43-45-47-53(57)55-51(50-61-62(58,59)60-49-48-54)52(56)46-44-42-40-38-36-34-32-30-28-26-24-22-20-18-16-14-12-10-8-6-4-2/h36,38,44,46,51-52,56H,3-35,37,39-43,45,47-50,54H2,1-2H3,(H,55,57)(H,58,59)/b38-36+,46-44+. The van der Waals surface area contributed by atoms with Gasteiger partial charge in [0.25, 0.3) is 0 Å². The molecule has 0 aromatic rings. The summed E-state index contributed by atoms with van der Waals surface area (Å²) < 4.78 is 22.2. The molecule has 0 aliphatic carbocycles. The third-order valence-corrected chi connectivity index (χ3v) is 13.3. The van der Waals surface area contributed by atoms with Gasteiger partial charge in [-0.1, -0.05) is 263 Å². The van der Waals surface area contributed by atoms with Crippen LogP contribution in [0.3, 0.4) is 0 Å². The van der Waals surface area contributed by atoms with Gasteiger partial charge in [0, 0.05) is 13.0 Å². The van der Waals surface area contributed by atoms with E-state index in [-0.39, 0.29) is 25.7 Å². The monoisotopic (exact) mass is 897 g/mol. The molecule has 0 aromatic carbocycles. The number of allylic oxidation sites excluding steroid dienone is 3. The number of nitrogens with one attached hydrogen (secondary N) is 1. The Balaban J connectivity index is 4.07. The lowest BCUT2D eigenvalue weighted by molar-refractivity contribution is -0.123. The van der Waals surface area contributed by atoms with Gasteiger partial charge in [-0.05, 0) is 32.1 Å². The van der Waals surface area contributed by atoms with Crippen LogP contribution in [0.4, 0.5) is 0 Å². The van der Waals surface area contributed by atoms with E-state index in [1.807, 2.05) is 6.08 Å². The minimum absolute atomic E-state index is 0.0763. The fourth-order valence-corrected chi connectivity index (χ4v) is 8.97. The van der Waals surface area contributed by atoms with E-state index >= 15 is 0 Å². The van der Waals surface area contributed by atoms with Crippen LogP contribution < -0.4 is 11.1 Å². The molecule has 1 amide bonds. The van der Waals surface area contributed by atoms with Crippen molar-refractivity contribution in [2.45, 2.75) is 289 Å². The van der Waals surface area contributed by atoms with Crippen LogP contribution in [0, 0.1) is 0 Å². The first-order valence-corrected chi connectivity index (χ1v) is 28.5. The van der Waals surface area contributed by atoms with E-state index in [0.29, 0.717) is 6.42 Å². The number of aliphatic hydroxyl groups is 1. The highest BCUT2D eigenvalue weighted by atomic mass is 31.2. The molecule has 3 atom stereocenters. The maximum Gasteiger partial charge on any atom is 0.472 e. The van der Waals surface area contributed by atoms with Crippen LogP contribution >= 0.6 is 7.82 Å². The van der Waals surface area contributed by atoms with Gasteiger partial charge in [0.2, 0.25) is 5.91 Å². The van der Waals surface area contributed by atoms with Crippen LogP contribution in [0.5, 0.6) is 0 Å². The summed E-state index contributed by atoms with van der Waals surface area (Å²) in [5.74, 6) is -0.198. The molecule has 0 radical (unpaired) electrons. The molecule has 9 heteroatoms. The molecule has 0 bridgehead atoms. The van der Waals surface area contributed by atoms with Crippen LogP contribution in [-0.4, -0.2) is 47.8 Å². The highest BCUT2D eigenvalue weighted by Crippen LogP contribution is 2.43. The number of aliphatic hydroxyl groups excluding tert-OH is 1. The van der Waals surface area contributed by atoms with E-state index in [0.717, 1.165) is 38.5 Å². The average molecular weight is 897 g/mol. The minimum Gasteiger partial charge on any atom is -0.387 e. The number of rotatable bonds is 51. The quantitative estimate of drug-likeness (QED) is 0.0272. The molecule has 0 saturated carbocycles. The van der Waals surface area contributed by atoms with Crippen LogP contribution in [0.25, 0.3) is 0 Å². The van der Waals surface area contributed by atoms with Crippen molar-refractivity contribution >= 4 is 13.7 Å². The predicted molar refractivity (Wildman–Crippen MR) is 268 cm³/mol. The third kappa shape index (κ3) is 47.0. The van der Waals surface area contributed by atoms with E-state index in [1.54, 1.807) is 6.08 Å². The molecule has 0 heterocycles. The third-order valence-electron chi connectivity index (χ3n) is 12.3. The molecule has 0 fully saturated rings. The van der Waals surface area contributed by atoms with Crippen molar-refractivity contribution in [1.29, 1.82) is 0 Å². The highest BCUT2D eigenvalue weighted by molar-refractivity contribution is 7.47. The Hall–Kier alpha value is -1.02. The number of phosphoric acid groups is 1. The molecule has 0 spiro atoms. The van der Waals surface area contributed by atoms with E-state index in [9.17, 15) is 19.4 Å². The van der Waals surface area contributed by atoms with Gasteiger partial charge in [0.15, 0.2) is 0 Å². The Bertz CT molecular complexity index is 1030. The Morgan fingerprint density at radius 2 is 0.855 bits per heavy atom. The first-order chi connectivity index (χ1) is 30.4. The second-order valence-corrected chi connectivity index (χ2v) is 19.9. The van der Waals surface area contributed by atoms with Gasteiger partial charge in [-0.25, -0.2) is 4.57 Å². The van der Waals surface area contributed by atoms with Crippen molar-refractivity contribution in [3.63, 3.8) is 0 Å². The van der Waals surface area contributed by atoms with Crippen LogP contribution in [0.2, 0.25) is 0 Å². The molecule has 368 valence electrons. The number of carbonyl (C=O) groups excluding carboxylic acids is 1. The van der Waals surface area contributed by atoms with Gasteiger partial charge in [-0.3, -0.25) is 13.8 Å². The van der Waals surface area contributed by atoms with Gasteiger partial charge in [0.1, 0.15) is 0 Å². The van der Waals surface area contributed by atoms with E-state index in [4.69, 9.17) is 14.8 Å². The van der Waals surface area contributed by atoms with Crippen LogP contribution in [-0.2, 0) is 18.4 Å². The number of hydrogen-bond acceptors (Lipinski definition) is 6. The lowest BCUT2D eigenvalue weighted by Gasteiger charge is -2.23. The minimum atomic E-state index is -4.35. The smallest absolute Gasteiger partial charge is 0.387 e. The average Bonchev–Trinajstić information content (AvgIpc) is 3.26. The van der Waals surface area contributed by atoms with Crippen molar-refractivity contribution in [2.24, 2.45) is 5.73 Å². The molecule has 0 aromatic heterocycles. The van der Waals surface area contributed by atoms with Gasteiger partial charge in [-0.15, -0.1) is 0 Å². The molecule has 0 aliphatic rings. The summed E-state index contributed by atoms with van der Waals surface area (Å²) in [5.41, 5.74) is 5.40. The van der Waals surface area contributed by atoms with Gasteiger partial charge in [0.05, 0.1) is 25.4 Å². The summed E-state index contributed by atoms with van der Waals surface area (Å²) in [6.07, 6.45) is 59.7. The number of unbranched alkanes of at least 4 members (excludes halogenated alkanes) is 37. The highest BCUT2D eigenvalue weighted by Gasteiger charge is 2.26. The van der Waals surface area contributed by atoms with E-state index < -0.39 is 20.0 Å². The largest absolute Gasteiger partial charge is 0.472 e. The normalized spacial score (nSPS) is 14.0. The summed E-state index contributed by atoms with van der Waals surface area (Å²) >= 11 is 0. The van der Waals surface area contributed by atoms with Crippen molar-refractivity contribution < 1.29 is 28.4 Å². The Morgan fingerprint density at radius 1 is 0.516 bits per heavy atom. The summed E-state index contributed by atoms with van der Waals surface area (Å²) in [5, 5.41) is 13.7. The second kappa shape index (κ2) is 49.4. The molecular weight excluding hydrogens is 792 g/mol. The molecular formula is C53H105N2O6P. The lowest BCUT2D eigenvalue weighted by Crippen LogP contribution is -2.45. The van der Waals surface area contributed by atoms with Crippen molar-refractivity contribution in [1.82, 2.24) is 5.32 Å². The molecule has 5 N–H and O–H groups in total. The van der Waals surface area contributed by atoms with E-state index in [1.165, 1.54) is 218 Å². The summed E-state index contributed by atoms with van der Waals surface area (Å²) in [7, 11) is -4.35. The van der Waals surface area contributed by atoms with Gasteiger partial charge >= 0.3 is 7.82 Å². The summed E-state index contributed by atoms with van der Waals surface area (Å²) in [4.78, 5) is 22.8. The molecule has 0 saturated heterocycles. The van der Waals surface area contributed by atoms with E-state index in [2.05, 4.69) is 31.3 Å². The SMILES string of the molecule is CCCCCCCCCCCCCCCCC/C=C/CC/C=C/C(O)C(COP(=O)(O)OCCN)NC(=O)CCCCCCCCCCCCCCCCCCCCCCCC. The van der Waals surface area contributed by atoms with Gasteiger partial charge < -0.3 is 21.1 Å². The van der Waals surface area contributed by atoms with Crippen LogP contribution in [0.15, 0.2) is 24.3 Å². The fraction of sp³-hybridized carbons (Fsp3) is 0.906. The Labute approximate surface area is 385 Å². The number of nitrogens with two attached hydrogens (primary N) is 1. The Morgan fingerprint density at radius 3 is 1.24 bits per heavy atom. The molecule has 0 rings (SSSR count). The van der Waals surface area contributed by atoms with Crippen molar-refractivity contribution in [2.75, 3.05) is 19.8 Å². The second-order valence-electron chi connectivity index (χ2n) is 18.4. The number of phosphoric ester groups is 1.